The van der Waals surface area contributed by atoms with Gasteiger partial charge in [-0.3, -0.25) is 9.59 Å². The number of para-hydroxylation sites is 1. The number of carbonyl (C=O) groups is 2. The molecular formula is C16H22N2O3S. The van der Waals surface area contributed by atoms with Gasteiger partial charge in [0, 0.05) is 24.4 Å². The molecule has 0 radical (unpaired) electrons. The number of rotatable bonds is 6. The molecule has 120 valence electrons. The molecule has 0 aliphatic carbocycles. The summed E-state index contributed by atoms with van der Waals surface area (Å²) in [5.74, 6) is -1.06. The van der Waals surface area contributed by atoms with E-state index in [1.807, 2.05) is 30.5 Å². The van der Waals surface area contributed by atoms with E-state index >= 15 is 0 Å². The Morgan fingerprint density at radius 2 is 2.18 bits per heavy atom. The molecule has 1 amide bonds. The normalized spacial score (nSPS) is 18.9. The van der Waals surface area contributed by atoms with Gasteiger partial charge in [0.1, 0.15) is 0 Å². The molecule has 1 unspecified atom stereocenters. The van der Waals surface area contributed by atoms with Gasteiger partial charge in [-0.05, 0) is 37.8 Å². The first-order valence-corrected chi connectivity index (χ1v) is 8.70. The summed E-state index contributed by atoms with van der Waals surface area (Å²) >= 11 is 1.60. The van der Waals surface area contributed by atoms with Gasteiger partial charge in [0.2, 0.25) is 5.91 Å². The number of nitrogens with one attached hydrogen (secondary N) is 1. The first-order chi connectivity index (χ1) is 10.6. The van der Waals surface area contributed by atoms with E-state index in [9.17, 15) is 9.59 Å². The lowest BCUT2D eigenvalue weighted by molar-refractivity contribution is -0.143. The zero-order valence-corrected chi connectivity index (χ0v) is 13.6. The number of carboxylic acids is 1. The van der Waals surface area contributed by atoms with Crippen molar-refractivity contribution in [2.75, 3.05) is 31.2 Å². The number of hydrogen-bond acceptors (Lipinski definition) is 4. The molecule has 1 fully saturated rings. The van der Waals surface area contributed by atoms with Crippen LogP contribution in [0.5, 0.6) is 0 Å². The Balaban J connectivity index is 1.81. The highest BCUT2D eigenvalue weighted by Crippen LogP contribution is 2.24. The Bertz CT molecular complexity index is 536. The molecule has 22 heavy (non-hydrogen) atoms. The van der Waals surface area contributed by atoms with Crippen LogP contribution in [0, 0.1) is 5.92 Å². The molecular weight excluding hydrogens is 300 g/mol. The van der Waals surface area contributed by atoms with E-state index in [2.05, 4.69) is 10.2 Å². The van der Waals surface area contributed by atoms with Crippen LogP contribution in [-0.4, -0.2) is 47.8 Å². The van der Waals surface area contributed by atoms with Crippen LogP contribution in [0.2, 0.25) is 0 Å². The molecule has 6 heteroatoms. The number of likely N-dealkylation sites (tertiary alicyclic amines) is 1. The SMILES string of the molecule is CSc1ccccc1NC(=O)CCN1CCCC(C(=O)O)C1. The Hall–Kier alpha value is -1.53. The summed E-state index contributed by atoms with van der Waals surface area (Å²) in [6.45, 7) is 2.03. The Kier molecular flexibility index (Phi) is 6.27. The smallest absolute Gasteiger partial charge is 0.307 e. The molecule has 0 saturated carbocycles. The number of carbonyl (C=O) groups excluding carboxylic acids is 1. The van der Waals surface area contributed by atoms with Gasteiger partial charge < -0.3 is 15.3 Å². The zero-order valence-electron chi connectivity index (χ0n) is 12.7. The van der Waals surface area contributed by atoms with Gasteiger partial charge in [-0.2, -0.15) is 0 Å². The summed E-state index contributed by atoms with van der Waals surface area (Å²) in [5.41, 5.74) is 0.835. The average molecular weight is 322 g/mol. The minimum absolute atomic E-state index is 0.0288. The predicted octanol–water partition coefficient (Wildman–Crippen LogP) is 2.53. The molecule has 1 aliphatic rings. The maximum absolute atomic E-state index is 12.1. The molecule has 1 saturated heterocycles. The summed E-state index contributed by atoms with van der Waals surface area (Å²) in [5, 5.41) is 12.0. The maximum Gasteiger partial charge on any atom is 0.307 e. The summed E-state index contributed by atoms with van der Waals surface area (Å²) in [4.78, 5) is 26.2. The van der Waals surface area contributed by atoms with Gasteiger partial charge in [-0.15, -0.1) is 11.8 Å². The predicted molar refractivity (Wildman–Crippen MR) is 88.3 cm³/mol. The third kappa shape index (κ3) is 4.74. The van der Waals surface area contributed by atoms with Crippen molar-refractivity contribution in [1.82, 2.24) is 4.90 Å². The first kappa shape index (κ1) is 16.8. The lowest BCUT2D eigenvalue weighted by Crippen LogP contribution is -2.40. The second-order valence-corrected chi connectivity index (χ2v) is 6.32. The number of thioether (sulfide) groups is 1. The van der Waals surface area contributed by atoms with Crippen molar-refractivity contribution in [1.29, 1.82) is 0 Å². The minimum Gasteiger partial charge on any atom is -0.481 e. The van der Waals surface area contributed by atoms with Crippen LogP contribution in [0.3, 0.4) is 0 Å². The second-order valence-electron chi connectivity index (χ2n) is 5.48. The summed E-state index contributed by atoms with van der Waals surface area (Å²) in [6, 6.07) is 7.71. The molecule has 2 rings (SSSR count). The Morgan fingerprint density at radius 3 is 2.91 bits per heavy atom. The van der Waals surface area contributed by atoms with E-state index in [4.69, 9.17) is 5.11 Å². The van der Waals surface area contributed by atoms with Gasteiger partial charge in [0.15, 0.2) is 0 Å². The van der Waals surface area contributed by atoms with Crippen molar-refractivity contribution in [3.63, 3.8) is 0 Å². The molecule has 0 spiro atoms. The molecule has 1 atom stereocenters. The fourth-order valence-electron chi connectivity index (χ4n) is 2.68. The van der Waals surface area contributed by atoms with E-state index in [1.54, 1.807) is 11.8 Å². The van der Waals surface area contributed by atoms with E-state index in [0.29, 0.717) is 19.5 Å². The van der Waals surface area contributed by atoms with Gasteiger partial charge in [-0.1, -0.05) is 12.1 Å². The first-order valence-electron chi connectivity index (χ1n) is 7.48. The monoisotopic (exact) mass is 322 g/mol. The van der Waals surface area contributed by atoms with Crippen LogP contribution in [0.1, 0.15) is 19.3 Å². The average Bonchev–Trinajstić information content (AvgIpc) is 2.53. The number of aliphatic carboxylic acids is 1. The molecule has 1 aliphatic heterocycles. The highest BCUT2D eigenvalue weighted by Gasteiger charge is 2.25. The van der Waals surface area contributed by atoms with E-state index in [1.165, 1.54) is 0 Å². The van der Waals surface area contributed by atoms with Crippen LogP contribution in [0.25, 0.3) is 0 Å². The van der Waals surface area contributed by atoms with Crippen LogP contribution < -0.4 is 5.32 Å². The third-order valence-corrected chi connectivity index (χ3v) is 4.69. The van der Waals surface area contributed by atoms with Gasteiger partial charge >= 0.3 is 5.97 Å². The summed E-state index contributed by atoms with van der Waals surface area (Å²) < 4.78 is 0. The minimum atomic E-state index is -0.733. The fraction of sp³-hybridized carbons (Fsp3) is 0.500. The highest BCUT2D eigenvalue weighted by atomic mass is 32.2. The quantitative estimate of drug-likeness (QED) is 0.788. The van der Waals surface area contributed by atoms with Crippen LogP contribution in [0.4, 0.5) is 5.69 Å². The number of nitrogens with zero attached hydrogens (tertiary/aromatic N) is 1. The van der Waals surface area contributed by atoms with Crippen molar-refractivity contribution in [2.45, 2.75) is 24.2 Å². The van der Waals surface area contributed by atoms with Gasteiger partial charge in [0.25, 0.3) is 0 Å². The maximum atomic E-state index is 12.1. The van der Waals surface area contributed by atoms with Crippen molar-refractivity contribution < 1.29 is 14.7 Å². The second kappa shape index (κ2) is 8.19. The van der Waals surface area contributed by atoms with E-state index in [-0.39, 0.29) is 11.8 Å². The molecule has 1 heterocycles. The molecule has 1 aromatic rings. The lowest BCUT2D eigenvalue weighted by Gasteiger charge is -2.30. The van der Waals surface area contributed by atoms with Crippen LogP contribution in [-0.2, 0) is 9.59 Å². The Morgan fingerprint density at radius 1 is 1.41 bits per heavy atom. The topological polar surface area (TPSA) is 69.6 Å². The molecule has 0 bridgehead atoms. The largest absolute Gasteiger partial charge is 0.481 e. The van der Waals surface area contributed by atoms with Crippen molar-refractivity contribution in [3.05, 3.63) is 24.3 Å². The van der Waals surface area contributed by atoms with Gasteiger partial charge in [-0.25, -0.2) is 0 Å². The Labute approximate surface area is 135 Å². The number of amides is 1. The third-order valence-electron chi connectivity index (χ3n) is 3.89. The van der Waals surface area contributed by atoms with Crippen molar-refractivity contribution in [2.24, 2.45) is 5.92 Å². The van der Waals surface area contributed by atoms with Crippen LogP contribution >= 0.6 is 11.8 Å². The van der Waals surface area contributed by atoms with Crippen molar-refractivity contribution in [3.8, 4) is 0 Å². The molecule has 1 aromatic carbocycles. The summed E-state index contributed by atoms with van der Waals surface area (Å²) in [6.07, 6.45) is 3.98. The van der Waals surface area contributed by atoms with Gasteiger partial charge in [0.05, 0.1) is 11.6 Å². The molecule has 5 nitrogen and oxygen atoms in total. The zero-order chi connectivity index (χ0) is 15.9. The standard InChI is InChI=1S/C16H22N2O3S/c1-22-14-7-3-2-6-13(14)17-15(19)8-10-18-9-4-5-12(11-18)16(20)21/h2-3,6-7,12H,4-5,8-11H2,1H3,(H,17,19)(H,20,21). The van der Waals surface area contributed by atoms with E-state index < -0.39 is 5.97 Å². The lowest BCUT2D eigenvalue weighted by atomic mass is 9.98. The number of carboxylic acid groups (broad SMARTS) is 1. The highest BCUT2D eigenvalue weighted by molar-refractivity contribution is 7.98. The van der Waals surface area contributed by atoms with Crippen LogP contribution in [0.15, 0.2) is 29.2 Å². The number of piperidine rings is 1. The van der Waals surface area contributed by atoms with Crippen molar-refractivity contribution >= 4 is 29.3 Å². The summed E-state index contributed by atoms with van der Waals surface area (Å²) in [7, 11) is 0. The number of hydrogen-bond donors (Lipinski definition) is 2. The van der Waals surface area contributed by atoms with E-state index in [0.717, 1.165) is 30.0 Å². The number of benzene rings is 1. The number of anilines is 1. The molecule has 0 aromatic heterocycles. The fourth-order valence-corrected chi connectivity index (χ4v) is 3.23. The molecule has 2 N–H and O–H groups in total.